The smallest absolute Gasteiger partial charge is 0.254 e. The van der Waals surface area contributed by atoms with Crippen LogP contribution >= 0.6 is 0 Å². The summed E-state index contributed by atoms with van der Waals surface area (Å²) in [5.74, 6) is 0.977. The number of nitrogens with zero attached hydrogens (tertiary/aromatic N) is 4. The average molecular weight is 465 g/mol. The summed E-state index contributed by atoms with van der Waals surface area (Å²) in [6.45, 7) is 9.56. The first kappa shape index (κ1) is 24.1. The molecule has 32 heavy (non-hydrogen) atoms. The zero-order chi connectivity index (χ0) is 23.5. The maximum atomic E-state index is 13.3. The van der Waals surface area contributed by atoms with Gasteiger partial charge in [0, 0.05) is 38.8 Å². The van der Waals surface area contributed by atoms with E-state index in [0.717, 1.165) is 0 Å². The van der Waals surface area contributed by atoms with Gasteiger partial charge in [-0.25, -0.2) is 8.42 Å². The van der Waals surface area contributed by atoms with E-state index >= 15 is 0 Å². The summed E-state index contributed by atoms with van der Waals surface area (Å²) >= 11 is 0. The van der Waals surface area contributed by atoms with Crippen molar-refractivity contribution in [3.05, 3.63) is 35.2 Å². The van der Waals surface area contributed by atoms with E-state index in [1.165, 1.54) is 4.31 Å². The Labute approximate surface area is 190 Å². The molecule has 0 aliphatic carbocycles. The lowest BCUT2D eigenvalue weighted by Crippen LogP contribution is -2.37. The quantitative estimate of drug-likeness (QED) is 0.625. The molecule has 1 fully saturated rings. The van der Waals surface area contributed by atoms with Crippen LogP contribution in [0.4, 0.5) is 0 Å². The lowest BCUT2D eigenvalue weighted by atomic mass is 10.1. The number of aromatic nitrogens is 2. The topological polar surface area (TPSA) is 94.0 Å². The number of rotatable bonds is 7. The van der Waals surface area contributed by atoms with Crippen LogP contribution in [-0.4, -0.2) is 72.7 Å². The second-order valence-electron chi connectivity index (χ2n) is 7.70. The van der Waals surface area contributed by atoms with E-state index in [2.05, 4.69) is 5.10 Å². The summed E-state index contributed by atoms with van der Waals surface area (Å²) in [7, 11) is -1.96. The Morgan fingerprint density at radius 1 is 1.03 bits per heavy atom. The highest BCUT2D eigenvalue weighted by Crippen LogP contribution is 2.29. The van der Waals surface area contributed by atoms with Gasteiger partial charge in [0.25, 0.3) is 5.91 Å². The van der Waals surface area contributed by atoms with Crippen LogP contribution in [0.3, 0.4) is 0 Å². The molecular weight excluding hydrogens is 432 g/mol. The zero-order valence-corrected chi connectivity index (χ0v) is 20.2. The first-order valence-electron chi connectivity index (χ1n) is 10.9. The van der Waals surface area contributed by atoms with Crippen molar-refractivity contribution >= 4 is 15.9 Å². The molecule has 1 aromatic heterocycles. The molecule has 1 aromatic carbocycles. The number of aryl methyl sites for hydroxylation is 2. The molecule has 2 heterocycles. The fourth-order valence-corrected chi connectivity index (χ4v) is 5.83. The molecule has 1 saturated heterocycles. The van der Waals surface area contributed by atoms with Gasteiger partial charge in [0.05, 0.1) is 24.6 Å². The Balaban J connectivity index is 1.78. The fourth-order valence-electron chi connectivity index (χ4n) is 3.96. The number of hydrogen-bond donors (Lipinski definition) is 0. The number of amides is 1. The fraction of sp³-hybridized carbons (Fsp3) is 0.545. The molecule has 0 radical (unpaired) electrons. The predicted molar refractivity (Wildman–Crippen MR) is 121 cm³/mol. The second kappa shape index (κ2) is 9.91. The van der Waals surface area contributed by atoms with Crippen molar-refractivity contribution in [2.45, 2.75) is 39.0 Å². The van der Waals surface area contributed by atoms with Crippen LogP contribution in [0.25, 0.3) is 0 Å². The summed E-state index contributed by atoms with van der Waals surface area (Å²) in [5.41, 5.74) is 1.59. The van der Waals surface area contributed by atoms with Crippen LogP contribution < -0.4 is 9.47 Å². The molecule has 176 valence electrons. The van der Waals surface area contributed by atoms with Gasteiger partial charge in [-0.3, -0.25) is 9.48 Å². The minimum absolute atomic E-state index is 0.151. The Morgan fingerprint density at radius 3 is 2.34 bits per heavy atom. The van der Waals surface area contributed by atoms with Crippen molar-refractivity contribution in [1.82, 2.24) is 19.0 Å². The molecule has 3 rings (SSSR count). The molecule has 9 nitrogen and oxygen atoms in total. The van der Waals surface area contributed by atoms with Crippen molar-refractivity contribution < 1.29 is 22.7 Å². The van der Waals surface area contributed by atoms with E-state index < -0.39 is 10.0 Å². The minimum atomic E-state index is -3.69. The first-order valence-corrected chi connectivity index (χ1v) is 12.3. The maximum absolute atomic E-state index is 13.3. The van der Waals surface area contributed by atoms with Gasteiger partial charge in [-0.1, -0.05) is 0 Å². The van der Waals surface area contributed by atoms with Crippen LogP contribution in [0, 0.1) is 13.8 Å². The normalized spacial score (nSPS) is 15.5. The molecule has 0 atom stereocenters. The van der Waals surface area contributed by atoms with Crippen LogP contribution in [-0.2, 0) is 17.1 Å². The van der Waals surface area contributed by atoms with Gasteiger partial charge in [-0.05, 0) is 52.3 Å². The van der Waals surface area contributed by atoms with E-state index in [1.807, 2.05) is 13.8 Å². The van der Waals surface area contributed by atoms with Crippen molar-refractivity contribution in [2.75, 3.05) is 39.4 Å². The highest BCUT2D eigenvalue weighted by atomic mass is 32.2. The largest absolute Gasteiger partial charge is 0.490 e. The van der Waals surface area contributed by atoms with E-state index in [1.54, 1.807) is 48.7 Å². The molecule has 2 aromatic rings. The average Bonchev–Trinajstić information content (AvgIpc) is 2.91. The first-order chi connectivity index (χ1) is 15.2. The number of carbonyl (C=O) groups excluding carboxylic acids is 1. The summed E-state index contributed by atoms with van der Waals surface area (Å²) in [6.07, 6.45) is 0.554. The van der Waals surface area contributed by atoms with Gasteiger partial charge in [0.15, 0.2) is 11.5 Å². The van der Waals surface area contributed by atoms with Gasteiger partial charge in [-0.2, -0.15) is 9.40 Å². The Hall–Kier alpha value is -2.59. The second-order valence-corrected chi connectivity index (χ2v) is 9.58. The van der Waals surface area contributed by atoms with E-state index in [4.69, 9.17) is 9.47 Å². The SMILES string of the molecule is CCOc1ccc(C(=O)N2CCCN(S(=O)(=O)c3c(C)nn(C)c3C)CC2)cc1OCC. The molecule has 0 unspecified atom stereocenters. The molecule has 0 bridgehead atoms. The molecule has 1 amide bonds. The molecule has 0 saturated carbocycles. The number of sulfonamides is 1. The third-order valence-electron chi connectivity index (χ3n) is 5.57. The molecular formula is C22H32N4O5S. The third-order valence-corrected chi connectivity index (χ3v) is 7.72. The van der Waals surface area contributed by atoms with Gasteiger partial charge >= 0.3 is 0 Å². The van der Waals surface area contributed by atoms with Crippen molar-refractivity contribution in [1.29, 1.82) is 0 Å². The number of carbonyl (C=O) groups is 1. The summed E-state index contributed by atoms with van der Waals surface area (Å²) in [5, 5.41) is 4.25. The Bertz CT molecular complexity index is 1080. The molecule has 1 aliphatic rings. The van der Waals surface area contributed by atoms with E-state index in [0.29, 0.717) is 67.7 Å². The van der Waals surface area contributed by atoms with Crippen LogP contribution in [0.2, 0.25) is 0 Å². The number of hydrogen-bond acceptors (Lipinski definition) is 6. The van der Waals surface area contributed by atoms with Crippen molar-refractivity contribution in [3.63, 3.8) is 0 Å². The van der Waals surface area contributed by atoms with E-state index in [9.17, 15) is 13.2 Å². The van der Waals surface area contributed by atoms with E-state index in [-0.39, 0.29) is 17.3 Å². The lowest BCUT2D eigenvalue weighted by Gasteiger charge is -2.22. The maximum Gasteiger partial charge on any atom is 0.254 e. The third kappa shape index (κ3) is 4.75. The minimum Gasteiger partial charge on any atom is -0.490 e. The molecule has 1 aliphatic heterocycles. The van der Waals surface area contributed by atoms with Gasteiger partial charge in [0.2, 0.25) is 10.0 Å². The van der Waals surface area contributed by atoms with Crippen molar-refractivity contribution in [3.8, 4) is 11.5 Å². The Kier molecular flexibility index (Phi) is 7.45. The lowest BCUT2D eigenvalue weighted by molar-refractivity contribution is 0.0763. The monoisotopic (exact) mass is 464 g/mol. The summed E-state index contributed by atoms with van der Waals surface area (Å²) < 4.78 is 40.8. The standard InChI is InChI=1S/C22H32N4O5S/c1-6-30-19-10-9-18(15-20(19)31-7-2)22(27)25-11-8-12-26(14-13-25)32(28,29)21-16(3)23-24(5)17(21)4/h9-10,15H,6-8,11-14H2,1-5H3. The molecule has 10 heteroatoms. The number of benzene rings is 1. The summed E-state index contributed by atoms with van der Waals surface area (Å²) in [6, 6.07) is 5.15. The highest BCUT2D eigenvalue weighted by molar-refractivity contribution is 7.89. The predicted octanol–water partition coefficient (Wildman–Crippen LogP) is 2.37. The van der Waals surface area contributed by atoms with Gasteiger partial charge < -0.3 is 14.4 Å². The zero-order valence-electron chi connectivity index (χ0n) is 19.4. The summed E-state index contributed by atoms with van der Waals surface area (Å²) in [4.78, 5) is 15.1. The molecule has 0 N–H and O–H groups in total. The number of ether oxygens (including phenoxy) is 2. The van der Waals surface area contributed by atoms with Crippen LogP contribution in [0.5, 0.6) is 11.5 Å². The molecule has 0 spiro atoms. The van der Waals surface area contributed by atoms with Gasteiger partial charge in [0.1, 0.15) is 4.90 Å². The van der Waals surface area contributed by atoms with Crippen LogP contribution in [0.1, 0.15) is 42.0 Å². The van der Waals surface area contributed by atoms with Crippen molar-refractivity contribution in [2.24, 2.45) is 7.05 Å². The Morgan fingerprint density at radius 2 is 1.72 bits per heavy atom. The van der Waals surface area contributed by atoms with Gasteiger partial charge in [-0.15, -0.1) is 0 Å². The highest BCUT2D eigenvalue weighted by Gasteiger charge is 2.32. The van der Waals surface area contributed by atoms with Crippen LogP contribution in [0.15, 0.2) is 23.1 Å².